The second-order valence-electron chi connectivity index (χ2n) is 6.20. The highest BCUT2D eigenvalue weighted by molar-refractivity contribution is 5.73. The van der Waals surface area contributed by atoms with E-state index in [-0.39, 0.29) is 6.03 Å². The molecule has 2 N–H and O–H groups in total. The first-order valence-corrected chi connectivity index (χ1v) is 8.93. The molecule has 0 radical (unpaired) electrons. The number of carbonyl (C=O) groups is 1. The fourth-order valence-electron chi connectivity index (χ4n) is 2.82. The molecule has 0 saturated carbocycles. The van der Waals surface area contributed by atoms with Crippen LogP contribution < -0.4 is 15.4 Å². The predicted octanol–water partition coefficient (Wildman–Crippen LogP) is 2.98. The first-order chi connectivity index (χ1) is 13.2. The smallest absolute Gasteiger partial charge is 0.315 e. The van der Waals surface area contributed by atoms with Gasteiger partial charge >= 0.3 is 6.03 Å². The van der Waals surface area contributed by atoms with Gasteiger partial charge in [-0.25, -0.2) is 4.79 Å². The van der Waals surface area contributed by atoms with E-state index in [1.165, 1.54) is 5.56 Å². The molecule has 0 aliphatic rings. The van der Waals surface area contributed by atoms with E-state index in [0.717, 1.165) is 16.9 Å². The summed E-state index contributed by atoms with van der Waals surface area (Å²) in [6, 6.07) is 17.8. The number of nitrogens with zero attached hydrogens (tertiary/aromatic N) is 2. The third-order valence-corrected chi connectivity index (χ3v) is 4.20. The third-order valence-electron chi connectivity index (χ3n) is 4.20. The molecular formula is C21H24N4O2. The molecule has 2 amide bonds. The van der Waals surface area contributed by atoms with Gasteiger partial charge in [-0.15, -0.1) is 0 Å². The molecule has 0 fully saturated rings. The Morgan fingerprint density at radius 2 is 1.81 bits per heavy atom. The van der Waals surface area contributed by atoms with E-state index in [1.54, 1.807) is 13.3 Å². The normalized spacial score (nSPS) is 10.4. The molecule has 0 unspecified atom stereocenters. The molecule has 6 nitrogen and oxygen atoms in total. The van der Waals surface area contributed by atoms with E-state index in [0.29, 0.717) is 26.1 Å². The number of methoxy groups -OCH3 is 1. The van der Waals surface area contributed by atoms with Crippen LogP contribution in [0.3, 0.4) is 0 Å². The highest BCUT2D eigenvalue weighted by Crippen LogP contribution is 2.17. The highest BCUT2D eigenvalue weighted by atomic mass is 16.5. The topological polar surface area (TPSA) is 68.2 Å². The zero-order valence-electron chi connectivity index (χ0n) is 15.4. The van der Waals surface area contributed by atoms with Crippen molar-refractivity contribution in [2.45, 2.75) is 19.5 Å². The summed E-state index contributed by atoms with van der Waals surface area (Å²) in [5.41, 5.74) is 3.22. The summed E-state index contributed by atoms with van der Waals surface area (Å²) in [5, 5.41) is 10.1. The summed E-state index contributed by atoms with van der Waals surface area (Å²) in [6.07, 6.45) is 4.44. The van der Waals surface area contributed by atoms with Gasteiger partial charge in [-0.05, 0) is 23.6 Å². The van der Waals surface area contributed by atoms with Crippen LogP contribution in [0.4, 0.5) is 4.79 Å². The number of benzene rings is 2. The molecule has 0 aliphatic carbocycles. The molecule has 2 aromatic carbocycles. The maximum absolute atomic E-state index is 12.0. The lowest BCUT2D eigenvalue weighted by molar-refractivity contribution is 0.240. The zero-order valence-corrected chi connectivity index (χ0v) is 15.4. The fourth-order valence-corrected chi connectivity index (χ4v) is 2.82. The van der Waals surface area contributed by atoms with Crippen molar-refractivity contribution in [3.63, 3.8) is 0 Å². The Bertz CT molecular complexity index is 861. The van der Waals surface area contributed by atoms with E-state index >= 15 is 0 Å². The Hall–Kier alpha value is -3.28. The van der Waals surface area contributed by atoms with Crippen LogP contribution in [0.25, 0.3) is 0 Å². The summed E-state index contributed by atoms with van der Waals surface area (Å²) in [4.78, 5) is 12.0. The molecular weight excluding hydrogens is 340 g/mol. The van der Waals surface area contributed by atoms with Gasteiger partial charge < -0.3 is 15.4 Å². The molecule has 0 bridgehead atoms. The van der Waals surface area contributed by atoms with E-state index in [1.807, 2.05) is 53.3 Å². The van der Waals surface area contributed by atoms with Crippen LogP contribution in [-0.2, 0) is 19.5 Å². The Morgan fingerprint density at radius 3 is 2.63 bits per heavy atom. The van der Waals surface area contributed by atoms with Crippen LogP contribution >= 0.6 is 0 Å². The summed E-state index contributed by atoms with van der Waals surface area (Å²) in [7, 11) is 1.65. The maximum Gasteiger partial charge on any atom is 0.315 e. The molecule has 140 valence electrons. The number of nitrogens with one attached hydrogen (secondary N) is 2. The SMILES string of the molecule is COc1ccccc1CCNC(=O)NCc1cnn(Cc2ccccc2)c1. The van der Waals surface area contributed by atoms with Crippen molar-refractivity contribution in [3.05, 3.63) is 83.7 Å². The minimum absolute atomic E-state index is 0.194. The van der Waals surface area contributed by atoms with Gasteiger partial charge in [-0.3, -0.25) is 4.68 Å². The molecule has 0 spiro atoms. The summed E-state index contributed by atoms with van der Waals surface area (Å²) in [5.74, 6) is 0.838. The Kier molecular flexibility index (Phi) is 6.46. The number of hydrogen-bond acceptors (Lipinski definition) is 3. The second-order valence-corrected chi connectivity index (χ2v) is 6.20. The maximum atomic E-state index is 12.0. The zero-order chi connectivity index (χ0) is 18.9. The van der Waals surface area contributed by atoms with Crippen molar-refractivity contribution in [2.24, 2.45) is 0 Å². The van der Waals surface area contributed by atoms with Gasteiger partial charge in [-0.2, -0.15) is 5.10 Å². The lowest BCUT2D eigenvalue weighted by Crippen LogP contribution is -2.36. The van der Waals surface area contributed by atoms with Gasteiger partial charge in [-0.1, -0.05) is 48.5 Å². The van der Waals surface area contributed by atoms with Crippen LogP contribution in [0.5, 0.6) is 5.75 Å². The van der Waals surface area contributed by atoms with Crippen LogP contribution in [0, 0.1) is 0 Å². The largest absolute Gasteiger partial charge is 0.496 e. The van der Waals surface area contributed by atoms with Crippen LogP contribution in [-0.4, -0.2) is 29.5 Å². The van der Waals surface area contributed by atoms with E-state index < -0.39 is 0 Å². The Morgan fingerprint density at radius 1 is 1.04 bits per heavy atom. The minimum Gasteiger partial charge on any atom is -0.496 e. The molecule has 0 atom stereocenters. The van der Waals surface area contributed by atoms with Crippen molar-refractivity contribution >= 4 is 6.03 Å². The first kappa shape index (κ1) is 18.5. The Labute approximate surface area is 159 Å². The number of hydrogen-bond donors (Lipinski definition) is 2. The van der Waals surface area contributed by atoms with Crippen LogP contribution in [0.15, 0.2) is 67.0 Å². The van der Waals surface area contributed by atoms with Crippen molar-refractivity contribution in [2.75, 3.05) is 13.7 Å². The van der Waals surface area contributed by atoms with Crippen molar-refractivity contribution in [1.29, 1.82) is 0 Å². The van der Waals surface area contributed by atoms with Gasteiger partial charge in [0.1, 0.15) is 5.75 Å². The molecule has 0 saturated heterocycles. The number of rotatable bonds is 8. The average Bonchev–Trinajstić information content (AvgIpc) is 3.15. The van der Waals surface area contributed by atoms with Crippen molar-refractivity contribution in [3.8, 4) is 5.75 Å². The van der Waals surface area contributed by atoms with Crippen LogP contribution in [0.2, 0.25) is 0 Å². The minimum atomic E-state index is -0.194. The van der Waals surface area contributed by atoms with Gasteiger partial charge in [0.25, 0.3) is 0 Å². The predicted molar refractivity (Wildman–Crippen MR) is 105 cm³/mol. The Balaban J connectivity index is 1.40. The molecule has 3 rings (SSSR count). The number of urea groups is 1. The summed E-state index contributed by atoms with van der Waals surface area (Å²) >= 11 is 0. The third kappa shape index (κ3) is 5.60. The first-order valence-electron chi connectivity index (χ1n) is 8.93. The molecule has 1 heterocycles. The molecule has 0 aliphatic heterocycles. The standard InChI is InChI=1S/C21H24N4O2/c1-27-20-10-6-5-9-19(20)11-12-22-21(26)23-13-18-14-24-25(16-18)15-17-7-3-2-4-8-17/h2-10,14,16H,11-13,15H2,1H3,(H2,22,23,26). The number of amides is 2. The average molecular weight is 364 g/mol. The lowest BCUT2D eigenvalue weighted by atomic mass is 10.1. The monoisotopic (exact) mass is 364 g/mol. The number of para-hydroxylation sites is 1. The summed E-state index contributed by atoms with van der Waals surface area (Å²) < 4.78 is 7.18. The van der Waals surface area contributed by atoms with Crippen molar-refractivity contribution < 1.29 is 9.53 Å². The molecule has 3 aromatic rings. The second kappa shape index (κ2) is 9.43. The quantitative estimate of drug-likeness (QED) is 0.646. The van der Waals surface area contributed by atoms with E-state index in [9.17, 15) is 4.79 Å². The number of ether oxygens (including phenoxy) is 1. The van der Waals surface area contributed by atoms with Gasteiger partial charge in [0.05, 0.1) is 19.9 Å². The van der Waals surface area contributed by atoms with E-state index in [2.05, 4.69) is 27.9 Å². The molecule has 1 aromatic heterocycles. The van der Waals surface area contributed by atoms with Gasteiger partial charge in [0.15, 0.2) is 0 Å². The summed E-state index contributed by atoms with van der Waals surface area (Å²) in [6.45, 7) is 1.70. The molecule has 27 heavy (non-hydrogen) atoms. The van der Waals surface area contributed by atoms with Gasteiger partial charge in [0.2, 0.25) is 0 Å². The van der Waals surface area contributed by atoms with Crippen molar-refractivity contribution in [1.82, 2.24) is 20.4 Å². The highest BCUT2D eigenvalue weighted by Gasteiger charge is 2.05. The number of aromatic nitrogens is 2. The lowest BCUT2D eigenvalue weighted by Gasteiger charge is -2.09. The van der Waals surface area contributed by atoms with E-state index in [4.69, 9.17) is 4.74 Å². The fraction of sp³-hybridized carbons (Fsp3) is 0.238. The van der Waals surface area contributed by atoms with Gasteiger partial charge in [0, 0.05) is 24.8 Å². The molecule has 6 heteroatoms. The van der Waals surface area contributed by atoms with Crippen LogP contribution in [0.1, 0.15) is 16.7 Å². The number of carbonyl (C=O) groups excluding carboxylic acids is 1.